The van der Waals surface area contributed by atoms with Crippen LogP contribution >= 0.6 is 0 Å². The van der Waals surface area contributed by atoms with Crippen LogP contribution in [0.15, 0.2) is 146 Å². The number of benzene rings is 6. The molecule has 0 atom stereocenters. The van der Waals surface area contributed by atoms with E-state index in [2.05, 4.69) is 162 Å². The van der Waals surface area contributed by atoms with E-state index in [0.717, 1.165) is 38.7 Å². The molecule has 210 valence electrons. The summed E-state index contributed by atoms with van der Waals surface area (Å²) in [6, 6.07) is 47.9. The van der Waals surface area contributed by atoms with Crippen LogP contribution in [-0.4, -0.2) is 28.7 Å². The van der Waals surface area contributed by atoms with Gasteiger partial charge >= 0.3 is 0 Å². The molecule has 0 saturated heterocycles. The van der Waals surface area contributed by atoms with Crippen LogP contribution in [0.3, 0.4) is 0 Å². The fraction of sp³-hybridized carbons (Fsp3) is 0. The summed E-state index contributed by atoms with van der Waals surface area (Å²) < 4.78 is 6.91. The van der Waals surface area contributed by atoms with Crippen molar-refractivity contribution >= 4 is 65.4 Å². The molecule has 10 aromatic rings. The van der Waals surface area contributed by atoms with Crippen molar-refractivity contribution < 1.29 is 0 Å². The molecule has 0 aliphatic carbocycles. The maximum absolute atomic E-state index is 4.53. The molecule has 0 bridgehead atoms. The normalized spacial score (nSPS) is 12.0. The molecule has 6 heteroatoms. The lowest BCUT2D eigenvalue weighted by atomic mass is 10.1. The third-order valence-electron chi connectivity index (χ3n) is 9.07. The molecule has 0 saturated carbocycles. The van der Waals surface area contributed by atoms with E-state index in [9.17, 15) is 0 Å². The van der Waals surface area contributed by atoms with Gasteiger partial charge in [0.2, 0.25) is 5.95 Å². The van der Waals surface area contributed by atoms with E-state index in [4.69, 9.17) is 0 Å². The Hall–Kier alpha value is -6.27. The SMILES string of the molecule is c1ccc(-n2c3ccccc3c3cc(-n4c5ccccc5c5cc6c(cc54)c4ccccc4n6-c4ncncn4)ccc32)cc1. The highest BCUT2D eigenvalue weighted by molar-refractivity contribution is 6.19. The number of nitrogens with zero attached hydrogens (tertiary/aromatic N) is 6. The zero-order valence-electron chi connectivity index (χ0n) is 24.0. The predicted octanol–water partition coefficient (Wildman–Crippen LogP) is 9.16. The Bertz CT molecular complexity index is 2750. The highest BCUT2D eigenvalue weighted by Crippen LogP contribution is 2.40. The Kier molecular flexibility index (Phi) is 4.90. The van der Waals surface area contributed by atoms with Crippen LogP contribution in [0.1, 0.15) is 0 Å². The van der Waals surface area contributed by atoms with Crippen molar-refractivity contribution in [1.82, 2.24) is 28.7 Å². The second-order valence-electron chi connectivity index (χ2n) is 11.4. The van der Waals surface area contributed by atoms with Crippen LogP contribution in [0.5, 0.6) is 0 Å². The Balaban J connectivity index is 1.31. The molecule has 45 heavy (non-hydrogen) atoms. The van der Waals surface area contributed by atoms with E-state index >= 15 is 0 Å². The van der Waals surface area contributed by atoms with Gasteiger partial charge in [0.15, 0.2) is 0 Å². The van der Waals surface area contributed by atoms with Gasteiger partial charge < -0.3 is 9.13 Å². The van der Waals surface area contributed by atoms with Crippen LogP contribution in [-0.2, 0) is 0 Å². The third-order valence-corrected chi connectivity index (χ3v) is 9.07. The molecule has 4 aromatic heterocycles. The lowest BCUT2D eigenvalue weighted by Gasteiger charge is -2.10. The number of para-hydroxylation sites is 4. The first-order valence-corrected chi connectivity index (χ1v) is 15.0. The van der Waals surface area contributed by atoms with Crippen molar-refractivity contribution in [3.63, 3.8) is 0 Å². The van der Waals surface area contributed by atoms with Gasteiger partial charge in [-0.05, 0) is 60.7 Å². The number of fused-ring (bicyclic) bond motifs is 9. The second kappa shape index (κ2) is 9.11. The van der Waals surface area contributed by atoms with Crippen molar-refractivity contribution in [2.45, 2.75) is 0 Å². The van der Waals surface area contributed by atoms with Gasteiger partial charge in [-0.25, -0.2) is 15.0 Å². The molecule has 0 radical (unpaired) electrons. The predicted molar refractivity (Wildman–Crippen MR) is 183 cm³/mol. The lowest BCUT2D eigenvalue weighted by molar-refractivity contribution is 0.940. The van der Waals surface area contributed by atoms with E-state index < -0.39 is 0 Å². The molecule has 6 nitrogen and oxygen atoms in total. The molecule has 0 N–H and O–H groups in total. The standard InChI is InChI=1S/C39H24N6/c1-2-10-25(11-3-1)43-33-15-7-4-12-27(33)30-20-26(18-19-36(30)43)44-34-16-8-5-13-28(34)31-22-38-32(21-37(31)44)29-14-6-9-17-35(29)45(38)39-41-23-40-24-42-39/h1-24H. The summed E-state index contributed by atoms with van der Waals surface area (Å²) in [6.07, 6.45) is 3.11. The molecule has 0 unspecified atom stereocenters. The minimum absolute atomic E-state index is 0.611. The zero-order valence-corrected chi connectivity index (χ0v) is 24.0. The minimum Gasteiger partial charge on any atom is -0.309 e. The van der Waals surface area contributed by atoms with Crippen LogP contribution in [0.25, 0.3) is 82.7 Å². The molecule has 0 spiro atoms. The Morgan fingerprint density at radius 1 is 0.333 bits per heavy atom. The molecule has 0 aliphatic rings. The summed E-state index contributed by atoms with van der Waals surface area (Å²) in [6.45, 7) is 0. The Morgan fingerprint density at radius 3 is 1.42 bits per heavy atom. The van der Waals surface area contributed by atoms with Crippen molar-refractivity contribution in [1.29, 1.82) is 0 Å². The van der Waals surface area contributed by atoms with Crippen LogP contribution in [0, 0.1) is 0 Å². The number of hydrogen-bond donors (Lipinski definition) is 0. The molecular formula is C39H24N6. The molecule has 0 amide bonds. The number of rotatable bonds is 3. The molecular weight excluding hydrogens is 552 g/mol. The maximum Gasteiger partial charge on any atom is 0.237 e. The Morgan fingerprint density at radius 2 is 0.800 bits per heavy atom. The van der Waals surface area contributed by atoms with Gasteiger partial charge in [-0.1, -0.05) is 72.8 Å². The first-order valence-electron chi connectivity index (χ1n) is 15.0. The van der Waals surface area contributed by atoms with Gasteiger partial charge in [0, 0.05) is 43.7 Å². The van der Waals surface area contributed by atoms with Crippen molar-refractivity contribution in [2.24, 2.45) is 0 Å². The van der Waals surface area contributed by atoms with Crippen LogP contribution in [0.2, 0.25) is 0 Å². The van der Waals surface area contributed by atoms with E-state index in [1.54, 1.807) is 12.7 Å². The zero-order chi connectivity index (χ0) is 29.5. The van der Waals surface area contributed by atoms with Gasteiger partial charge in [-0.15, -0.1) is 0 Å². The summed E-state index contributed by atoms with van der Waals surface area (Å²) in [5, 5.41) is 7.17. The number of hydrogen-bond acceptors (Lipinski definition) is 3. The molecule has 6 aromatic carbocycles. The smallest absolute Gasteiger partial charge is 0.237 e. The highest BCUT2D eigenvalue weighted by atomic mass is 15.2. The average molecular weight is 577 g/mol. The minimum atomic E-state index is 0.611. The van der Waals surface area contributed by atoms with Crippen LogP contribution < -0.4 is 0 Å². The maximum atomic E-state index is 4.53. The van der Waals surface area contributed by atoms with E-state index in [1.165, 1.54) is 38.1 Å². The van der Waals surface area contributed by atoms with Crippen LogP contribution in [0.4, 0.5) is 0 Å². The molecule has 4 heterocycles. The van der Waals surface area contributed by atoms with Gasteiger partial charge in [0.05, 0.1) is 33.1 Å². The van der Waals surface area contributed by atoms with E-state index in [1.807, 2.05) is 0 Å². The fourth-order valence-electron chi connectivity index (χ4n) is 7.23. The first kappa shape index (κ1) is 24.2. The van der Waals surface area contributed by atoms with E-state index in [-0.39, 0.29) is 0 Å². The van der Waals surface area contributed by atoms with Crippen molar-refractivity contribution in [2.75, 3.05) is 0 Å². The van der Waals surface area contributed by atoms with Crippen molar-refractivity contribution in [3.8, 4) is 17.3 Å². The van der Waals surface area contributed by atoms with E-state index in [0.29, 0.717) is 5.95 Å². The second-order valence-corrected chi connectivity index (χ2v) is 11.4. The third kappa shape index (κ3) is 3.36. The fourth-order valence-corrected chi connectivity index (χ4v) is 7.23. The molecule has 0 fully saturated rings. The first-order chi connectivity index (χ1) is 22.3. The lowest BCUT2D eigenvalue weighted by Crippen LogP contribution is -2.00. The van der Waals surface area contributed by atoms with Gasteiger partial charge in [-0.3, -0.25) is 4.57 Å². The Labute approximate surface area is 257 Å². The summed E-state index contributed by atoms with van der Waals surface area (Å²) >= 11 is 0. The summed E-state index contributed by atoms with van der Waals surface area (Å²) in [5.41, 5.74) is 9.14. The monoisotopic (exact) mass is 576 g/mol. The molecule has 10 rings (SSSR count). The number of aromatic nitrogens is 6. The van der Waals surface area contributed by atoms with Gasteiger partial charge in [-0.2, -0.15) is 0 Å². The highest BCUT2D eigenvalue weighted by Gasteiger charge is 2.20. The summed E-state index contributed by atoms with van der Waals surface area (Å²) in [5.74, 6) is 0.611. The summed E-state index contributed by atoms with van der Waals surface area (Å²) in [4.78, 5) is 13.1. The topological polar surface area (TPSA) is 53.5 Å². The van der Waals surface area contributed by atoms with Crippen molar-refractivity contribution in [3.05, 3.63) is 146 Å². The van der Waals surface area contributed by atoms with Gasteiger partial charge in [0.1, 0.15) is 12.7 Å². The summed E-state index contributed by atoms with van der Waals surface area (Å²) in [7, 11) is 0. The quantitative estimate of drug-likeness (QED) is 0.211. The largest absolute Gasteiger partial charge is 0.309 e. The average Bonchev–Trinajstić information content (AvgIpc) is 3.73. The van der Waals surface area contributed by atoms with Gasteiger partial charge in [0.25, 0.3) is 0 Å². The molecule has 0 aliphatic heterocycles.